The van der Waals surface area contributed by atoms with Crippen LogP contribution in [0.2, 0.25) is 0 Å². The molecule has 3 heterocycles. The second kappa shape index (κ2) is 10.8. The lowest BCUT2D eigenvalue weighted by Gasteiger charge is -2.31. The second-order valence-corrected chi connectivity index (χ2v) is 27.8. The Labute approximate surface area is 218 Å². The Morgan fingerprint density at radius 1 is 0.289 bits per heavy atom. The van der Waals surface area contributed by atoms with E-state index in [9.17, 15) is 0 Å². The van der Waals surface area contributed by atoms with E-state index >= 15 is 0 Å². The van der Waals surface area contributed by atoms with Crippen molar-refractivity contribution in [2.75, 3.05) is 13.3 Å². The van der Waals surface area contributed by atoms with Crippen LogP contribution >= 0.6 is 67.6 Å². The fraction of sp³-hybridized carbons (Fsp3) is 1.00. The third-order valence-electron chi connectivity index (χ3n) is 3.77. The minimum absolute atomic E-state index is 0.150. The Balaban J connectivity index is 1.80. The summed E-state index contributed by atoms with van der Waals surface area (Å²) >= 11 is 0. The summed E-state index contributed by atoms with van der Waals surface area (Å²) in [6.45, 7) is -0.299. The third kappa shape index (κ3) is 9.69. The number of nitrogens with two attached hydrogens (primary N) is 14. The van der Waals surface area contributed by atoms with Gasteiger partial charge in [-0.2, -0.15) is 40.6 Å². The molecular weight excluding hydrogens is 681 g/mol. The van der Waals surface area contributed by atoms with Gasteiger partial charge >= 0.3 is 0 Å². The van der Waals surface area contributed by atoms with E-state index in [1.54, 1.807) is 0 Å². The minimum atomic E-state index is -3.33. The van der Waals surface area contributed by atoms with Crippen LogP contribution in [0.25, 0.3) is 0 Å². The van der Waals surface area contributed by atoms with E-state index in [4.69, 9.17) is 77.1 Å². The van der Waals surface area contributed by atoms with Crippen LogP contribution in [0.3, 0.4) is 0 Å². The quantitative estimate of drug-likeness (QED) is 0.108. The molecule has 0 saturated carbocycles. The van der Waals surface area contributed by atoms with Gasteiger partial charge in [-0.05, 0) is 0 Å². The summed E-state index contributed by atoms with van der Waals surface area (Å²) in [6, 6.07) is 0. The molecule has 3 aliphatic heterocycles. The zero-order chi connectivity index (χ0) is 29.1. The molecule has 0 aromatic rings. The number of nitrogens with zero attached hydrogens (tertiary/aromatic N) is 9. The molecule has 0 fully saturated rings. The minimum Gasteiger partial charge on any atom is -0.267 e. The molecule has 3 rings (SSSR count). The Morgan fingerprint density at radius 2 is 0.500 bits per heavy atom. The monoisotopic (exact) mass is 717 g/mol. The highest BCUT2D eigenvalue weighted by Crippen LogP contribution is 2.67. The molecule has 0 bridgehead atoms. The first-order chi connectivity index (χ1) is 16.8. The zero-order valence-corrected chi connectivity index (χ0v) is 27.6. The van der Waals surface area contributed by atoms with Gasteiger partial charge in [-0.1, -0.05) is 0 Å². The van der Waals surface area contributed by atoms with Gasteiger partial charge in [0.25, 0.3) is 0 Å². The van der Waals surface area contributed by atoms with Gasteiger partial charge in [0.15, 0.2) is 0 Å². The first kappa shape index (κ1) is 33.8. The molecule has 0 radical (unpaired) electrons. The summed E-state index contributed by atoms with van der Waals surface area (Å²) in [5.74, 6) is 0. The molecule has 32 N–H and O–H groups in total. The summed E-state index contributed by atoms with van der Waals surface area (Å²) in [5.41, 5.74) is 84.2. The van der Waals surface area contributed by atoms with E-state index in [-0.39, 0.29) is 13.3 Å². The normalized spacial score (nSPS) is 39.6. The smallest absolute Gasteiger partial charge is 0.214 e. The van der Waals surface area contributed by atoms with Gasteiger partial charge in [0, 0.05) is 0 Å². The molecule has 0 saturated heterocycles. The third-order valence-corrected chi connectivity index (χ3v) is 26.5. The van der Waals surface area contributed by atoms with Crippen molar-refractivity contribution in [3.8, 4) is 0 Å². The maximum atomic E-state index is 6.39. The van der Waals surface area contributed by atoms with Crippen molar-refractivity contribution >= 4 is 67.6 Å². The van der Waals surface area contributed by atoms with Gasteiger partial charge in [0.1, 0.15) is 0 Å². The highest BCUT2D eigenvalue weighted by Gasteiger charge is 2.32. The van der Waals surface area contributed by atoms with Crippen LogP contribution in [0, 0.1) is 0 Å². The molecule has 0 aromatic heterocycles. The fourth-order valence-electron chi connectivity index (χ4n) is 2.93. The predicted molar refractivity (Wildman–Crippen MR) is 165 cm³/mol. The van der Waals surface area contributed by atoms with Crippen LogP contribution in [0.1, 0.15) is 0 Å². The van der Waals surface area contributed by atoms with E-state index in [0.29, 0.717) is 0 Å². The molecule has 36 heteroatoms. The average molecular weight is 717 g/mol. The van der Waals surface area contributed by atoms with Crippen molar-refractivity contribution in [3.05, 3.63) is 0 Å². The van der Waals surface area contributed by atoms with Gasteiger partial charge in [-0.3, -0.25) is 77.1 Å². The molecule has 27 nitrogen and oxygen atoms in total. The number of hydrogen-bond acceptors (Lipinski definition) is 27. The Bertz CT molecular complexity index is 1400. The maximum absolute atomic E-state index is 6.39. The van der Waals surface area contributed by atoms with Gasteiger partial charge < -0.3 is 0 Å². The first-order valence-electron chi connectivity index (χ1n) is 9.52. The molecule has 0 amide bonds. The van der Waals surface area contributed by atoms with Crippen LogP contribution in [0.15, 0.2) is 40.6 Å². The van der Waals surface area contributed by atoms with Crippen LogP contribution < -0.4 is 97.4 Å². The summed E-state index contributed by atoms with van der Waals surface area (Å²) < 4.78 is 37.0. The Kier molecular flexibility index (Phi) is 9.63. The number of rotatable bonds is 8. The van der Waals surface area contributed by atoms with Gasteiger partial charge in [0.05, 0.1) is 13.3 Å². The highest BCUT2D eigenvalue weighted by molar-refractivity contribution is 7.84. The maximum Gasteiger partial charge on any atom is 0.214 e. The largest absolute Gasteiger partial charge is 0.267 e. The zero-order valence-electron chi connectivity index (χ0n) is 19.5. The Hall–Kier alpha value is 1.35. The molecule has 38 heavy (non-hydrogen) atoms. The molecule has 3 aliphatic rings. The van der Waals surface area contributed by atoms with E-state index in [1.807, 2.05) is 0 Å². The van der Waals surface area contributed by atoms with Crippen molar-refractivity contribution in [1.82, 2.24) is 20.3 Å². The lowest BCUT2D eigenvalue weighted by molar-refractivity contribution is 0.867. The number of hydrogen-bond donors (Lipinski definition) is 18. The summed E-state index contributed by atoms with van der Waals surface area (Å²) in [4.78, 5) is 0. The summed E-state index contributed by atoms with van der Waals surface area (Å²) in [5, 5.41) is 11.4. The fourth-order valence-corrected chi connectivity index (χ4v) is 26.5. The molecule has 0 spiro atoms. The molecule has 224 valence electrons. The summed E-state index contributed by atoms with van der Waals surface area (Å²) in [7, 11) is -29.1. The highest BCUT2D eigenvalue weighted by atomic mass is 31.3. The van der Waals surface area contributed by atoms with Crippen molar-refractivity contribution in [2.24, 2.45) is 118 Å². The van der Waals surface area contributed by atoms with Crippen LogP contribution in [-0.2, 0) is 0 Å². The molecule has 0 aliphatic carbocycles. The van der Waals surface area contributed by atoms with E-state index in [2.05, 4.69) is 61.0 Å². The standard InChI is InChI=1S/C2H36N27P9/c3-30(4)21-31(5,6)24-35(13,23-30)17-1-19-37(15)27-34(11,12)28-38(16,29-37)20-2-18-36(14)25-32(7,8)22-33(9,10)26-36/h17-20H,1-16H2. The molecular formula is C2H36N27P9. The van der Waals surface area contributed by atoms with E-state index < -0.39 is 67.6 Å². The summed E-state index contributed by atoms with van der Waals surface area (Å²) in [6.07, 6.45) is 0. The molecule has 0 aromatic carbocycles. The second-order valence-electron chi connectivity index (χ2n) is 7.89. The lowest BCUT2D eigenvalue weighted by atomic mass is 11.3. The Morgan fingerprint density at radius 3 is 0.789 bits per heavy atom. The SMILES string of the molecule is NP1(N)=NP(N)(N)=NP(N)(NCNP2(N)=NP(N)(N)=NP(N)(NCNP3(N)=NP(N)(N)=NP(N)(N)=N3)=N2)=N1. The molecule has 4 atom stereocenters. The van der Waals surface area contributed by atoms with E-state index in [0.717, 1.165) is 0 Å². The average Bonchev–Trinajstić information content (AvgIpc) is 2.51. The van der Waals surface area contributed by atoms with E-state index in [1.165, 1.54) is 0 Å². The molecule has 4 unspecified atom stereocenters. The number of nitrogens with one attached hydrogen (secondary N) is 4. The first-order valence-corrected chi connectivity index (χ1v) is 25.7. The van der Waals surface area contributed by atoms with Crippen molar-refractivity contribution in [3.63, 3.8) is 0 Å². The predicted octanol–water partition coefficient (Wildman–Crippen LogP) is -0.762. The topological polar surface area (TPSA) is 524 Å². The van der Waals surface area contributed by atoms with Gasteiger partial charge in [0.2, 0.25) is 67.6 Å². The lowest BCUT2D eigenvalue weighted by Crippen LogP contribution is -2.32. The van der Waals surface area contributed by atoms with Crippen molar-refractivity contribution in [2.45, 2.75) is 0 Å². The van der Waals surface area contributed by atoms with Gasteiger partial charge in [-0.15, -0.1) is 0 Å². The van der Waals surface area contributed by atoms with Crippen molar-refractivity contribution < 1.29 is 0 Å². The van der Waals surface area contributed by atoms with Gasteiger partial charge in [-0.25, -0.2) is 20.3 Å². The van der Waals surface area contributed by atoms with Crippen LogP contribution in [0.5, 0.6) is 0 Å². The van der Waals surface area contributed by atoms with Crippen molar-refractivity contribution in [1.29, 1.82) is 0 Å². The van der Waals surface area contributed by atoms with Crippen LogP contribution in [0.4, 0.5) is 0 Å². The van der Waals surface area contributed by atoms with Crippen LogP contribution in [-0.4, -0.2) is 13.3 Å².